The van der Waals surface area contributed by atoms with Crippen LogP contribution in [0.4, 0.5) is 13.2 Å². The van der Waals surface area contributed by atoms with Crippen LogP contribution in [0.15, 0.2) is 0 Å². The number of aromatic nitrogens is 3. The van der Waals surface area contributed by atoms with Crippen molar-refractivity contribution in [2.75, 3.05) is 0 Å². The normalized spacial score (nSPS) is 17.5. The maximum absolute atomic E-state index is 12.2. The highest BCUT2D eigenvalue weighted by molar-refractivity contribution is 5.81. The number of carbonyl (C=O) groups excluding carboxylic acids is 1. The molecule has 0 saturated carbocycles. The fourth-order valence-corrected chi connectivity index (χ4v) is 2.17. The minimum Gasteiger partial charge on any atom is -0.339 e. The van der Waals surface area contributed by atoms with Crippen LogP contribution in [0.1, 0.15) is 43.9 Å². The smallest absolute Gasteiger partial charge is 0.339 e. The molecule has 1 amide bonds. The molecule has 0 aliphatic carbocycles. The molecule has 1 aromatic rings. The summed E-state index contributed by atoms with van der Waals surface area (Å²) in [5, 5.41) is 9.80. The van der Waals surface area contributed by atoms with E-state index < -0.39 is 18.1 Å². The summed E-state index contributed by atoms with van der Waals surface area (Å²) in [6.45, 7) is 2.16. The molecule has 2 rings (SSSR count). The van der Waals surface area contributed by atoms with E-state index in [0.29, 0.717) is 12.4 Å². The molecule has 1 aromatic heterocycles. The quantitative estimate of drug-likeness (QED) is 0.895. The second-order valence-corrected chi connectivity index (χ2v) is 4.63. The van der Waals surface area contributed by atoms with Crippen LogP contribution in [-0.4, -0.2) is 26.8 Å². The van der Waals surface area contributed by atoms with E-state index in [1.807, 2.05) is 9.88 Å². The maximum atomic E-state index is 12.2. The Morgan fingerprint density at radius 3 is 2.74 bits per heavy atom. The number of carbonyl (C=O) groups is 1. The van der Waals surface area contributed by atoms with E-state index in [2.05, 4.69) is 10.2 Å². The molecule has 0 fully saturated rings. The number of fused-ring (bicyclic) bond motifs is 1. The van der Waals surface area contributed by atoms with Crippen molar-refractivity contribution >= 4 is 5.91 Å². The van der Waals surface area contributed by atoms with Crippen molar-refractivity contribution in [2.45, 2.75) is 51.4 Å². The van der Waals surface area contributed by atoms with Gasteiger partial charge in [0, 0.05) is 13.0 Å². The summed E-state index contributed by atoms with van der Waals surface area (Å²) in [6.07, 6.45) is -1.10. The first kappa shape index (κ1) is 13.8. The summed E-state index contributed by atoms with van der Waals surface area (Å²) in [5.41, 5.74) is 0. The molecule has 0 bridgehead atoms. The zero-order valence-corrected chi connectivity index (χ0v) is 10.5. The average Bonchev–Trinajstić information content (AvgIpc) is 2.57. The highest BCUT2D eigenvalue weighted by Gasteiger charge is 2.40. The van der Waals surface area contributed by atoms with Crippen molar-refractivity contribution < 1.29 is 18.0 Å². The van der Waals surface area contributed by atoms with Crippen LogP contribution in [0.25, 0.3) is 0 Å². The summed E-state index contributed by atoms with van der Waals surface area (Å²) in [6, 6.07) is -0.812. The highest BCUT2D eigenvalue weighted by Crippen LogP contribution is 2.20. The largest absolute Gasteiger partial charge is 0.471 e. The van der Waals surface area contributed by atoms with Gasteiger partial charge in [0.05, 0.1) is 6.04 Å². The van der Waals surface area contributed by atoms with Crippen LogP contribution in [0.2, 0.25) is 0 Å². The predicted octanol–water partition coefficient (Wildman–Crippen LogP) is 1.74. The maximum Gasteiger partial charge on any atom is 0.471 e. The number of halogens is 3. The Balaban J connectivity index is 2.14. The first-order valence-electron chi connectivity index (χ1n) is 6.19. The molecule has 0 radical (unpaired) electrons. The van der Waals surface area contributed by atoms with Crippen molar-refractivity contribution in [1.82, 2.24) is 20.1 Å². The van der Waals surface area contributed by atoms with Gasteiger partial charge in [0.15, 0.2) is 5.82 Å². The Labute approximate surface area is 108 Å². The van der Waals surface area contributed by atoms with Gasteiger partial charge in [-0.2, -0.15) is 13.2 Å². The minimum atomic E-state index is -4.88. The van der Waals surface area contributed by atoms with Crippen molar-refractivity contribution in [3.05, 3.63) is 11.6 Å². The molecule has 5 nitrogen and oxygen atoms in total. The van der Waals surface area contributed by atoms with E-state index in [-0.39, 0.29) is 0 Å². The second-order valence-electron chi connectivity index (χ2n) is 4.63. The zero-order chi connectivity index (χ0) is 14.0. The molecular formula is C11H15F3N4O. The van der Waals surface area contributed by atoms with Gasteiger partial charge >= 0.3 is 12.1 Å². The number of hydrogen-bond donors (Lipinski definition) is 1. The molecule has 0 aromatic carbocycles. The monoisotopic (exact) mass is 276 g/mol. The van der Waals surface area contributed by atoms with Gasteiger partial charge in [-0.05, 0) is 19.8 Å². The Bertz CT molecular complexity index is 469. The lowest BCUT2D eigenvalue weighted by molar-refractivity contribution is -0.174. The van der Waals surface area contributed by atoms with Crippen LogP contribution in [0.5, 0.6) is 0 Å². The summed E-state index contributed by atoms with van der Waals surface area (Å²) in [5.74, 6) is -0.791. The Kier molecular flexibility index (Phi) is 3.77. The molecule has 0 spiro atoms. The van der Waals surface area contributed by atoms with Crippen molar-refractivity contribution in [3.8, 4) is 0 Å². The van der Waals surface area contributed by atoms with Gasteiger partial charge in [-0.3, -0.25) is 4.79 Å². The van der Waals surface area contributed by atoms with E-state index in [4.69, 9.17) is 0 Å². The lowest BCUT2D eigenvalue weighted by atomic mass is 10.2. The first-order chi connectivity index (χ1) is 8.89. The van der Waals surface area contributed by atoms with Crippen LogP contribution < -0.4 is 5.32 Å². The van der Waals surface area contributed by atoms with Gasteiger partial charge in [-0.1, -0.05) is 6.42 Å². The van der Waals surface area contributed by atoms with Gasteiger partial charge in [0.2, 0.25) is 0 Å². The van der Waals surface area contributed by atoms with Crippen LogP contribution >= 0.6 is 0 Å². The third-order valence-corrected chi connectivity index (χ3v) is 3.13. The van der Waals surface area contributed by atoms with Gasteiger partial charge < -0.3 is 9.88 Å². The lowest BCUT2D eigenvalue weighted by Gasteiger charge is -2.16. The molecule has 1 aliphatic rings. The summed E-state index contributed by atoms with van der Waals surface area (Å²) >= 11 is 0. The van der Waals surface area contributed by atoms with Gasteiger partial charge in [-0.15, -0.1) is 10.2 Å². The van der Waals surface area contributed by atoms with E-state index in [1.165, 1.54) is 6.92 Å². The number of hydrogen-bond acceptors (Lipinski definition) is 3. The van der Waals surface area contributed by atoms with Crippen molar-refractivity contribution in [1.29, 1.82) is 0 Å². The Morgan fingerprint density at radius 2 is 2.05 bits per heavy atom. The number of nitrogens with zero attached hydrogens (tertiary/aromatic N) is 3. The second kappa shape index (κ2) is 5.18. The lowest BCUT2D eigenvalue weighted by Crippen LogP contribution is -2.39. The molecule has 1 unspecified atom stereocenters. The van der Waals surface area contributed by atoms with Crippen molar-refractivity contribution in [2.24, 2.45) is 0 Å². The average molecular weight is 276 g/mol. The fourth-order valence-electron chi connectivity index (χ4n) is 2.17. The molecular weight excluding hydrogens is 261 g/mol. The van der Waals surface area contributed by atoms with E-state index >= 15 is 0 Å². The van der Waals surface area contributed by atoms with Crippen LogP contribution in [-0.2, 0) is 17.8 Å². The number of nitrogens with one attached hydrogen (secondary N) is 1. The SMILES string of the molecule is CC(NC(=O)C(F)(F)F)c1nnc2n1CCCCC2. The molecule has 1 N–H and O–H groups in total. The summed E-state index contributed by atoms with van der Waals surface area (Å²) in [4.78, 5) is 10.9. The Morgan fingerprint density at radius 1 is 1.32 bits per heavy atom. The zero-order valence-electron chi connectivity index (χ0n) is 10.5. The standard InChI is InChI=1S/C11H15F3N4O/c1-7(15-10(19)11(12,13)14)9-17-16-8-5-3-2-4-6-18(8)9/h7H,2-6H2,1H3,(H,15,19). The number of amides is 1. The third kappa shape index (κ3) is 3.05. The van der Waals surface area contributed by atoms with Crippen LogP contribution in [0.3, 0.4) is 0 Å². The number of aryl methyl sites for hydroxylation is 1. The molecule has 19 heavy (non-hydrogen) atoms. The summed E-state index contributed by atoms with van der Waals surface area (Å²) < 4.78 is 38.4. The topological polar surface area (TPSA) is 59.8 Å². The molecule has 8 heteroatoms. The molecule has 0 saturated heterocycles. The van der Waals surface area contributed by atoms with E-state index in [0.717, 1.165) is 31.5 Å². The highest BCUT2D eigenvalue weighted by atomic mass is 19.4. The van der Waals surface area contributed by atoms with Gasteiger partial charge in [-0.25, -0.2) is 0 Å². The Hall–Kier alpha value is -1.60. The first-order valence-corrected chi connectivity index (χ1v) is 6.19. The molecule has 2 heterocycles. The van der Waals surface area contributed by atoms with E-state index in [9.17, 15) is 18.0 Å². The third-order valence-electron chi connectivity index (χ3n) is 3.13. The number of rotatable bonds is 2. The fraction of sp³-hybridized carbons (Fsp3) is 0.727. The summed E-state index contributed by atoms with van der Waals surface area (Å²) in [7, 11) is 0. The molecule has 1 aliphatic heterocycles. The van der Waals surface area contributed by atoms with Crippen molar-refractivity contribution in [3.63, 3.8) is 0 Å². The molecule has 1 atom stereocenters. The van der Waals surface area contributed by atoms with Gasteiger partial charge in [0.1, 0.15) is 5.82 Å². The molecule has 106 valence electrons. The predicted molar refractivity (Wildman–Crippen MR) is 60.2 cm³/mol. The van der Waals surface area contributed by atoms with Crippen LogP contribution in [0, 0.1) is 0 Å². The minimum absolute atomic E-state index is 0.384. The van der Waals surface area contributed by atoms with E-state index in [1.54, 1.807) is 0 Å². The van der Waals surface area contributed by atoms with Gasteiger partial charge in [0.25, 0.3) is 0 Å². The number of alkyl halides is 3.